The summed E-state index contributed by atoms with van der Waals surface area (Å²) in [7, 11) is -1.59. The number of hydrogen-bond acceptors (Lipinski definition) is 8. The molecule has 8 nitrogen and oxygen atoms in total. The lowest BCUT2D eigenvalue weighted by Gasteiger charge is -2.32. The van der Waals surface area contributed by atoms with Gasteiger partial charge < -0.3 is 39.4 Å². The van der Waals surface area contributed by atoms with Crippen molar-refractivity contribution in [1.82, 2.24) is 0 Å². The molecule has 0 saturated carbocycles. The minimum absolute atomic E-state index is 0.0176. The van der Waals surface area contributed by atoms with E-state index in [0.29, 0.717) is 9.94 Å². The van der Waals surface area contributed by atoms with Crippen LogP contribution in [-0.2, 0) is 27.9 Å². The van der Waals surface area contributed by atoms with Crippen molar-refractivity contribution in [3.05, 3.63) is 50.4 Å². The summed E-state index contributed by atoms with van der Waals surface area (Å²) >= 11 is 14.7. The van der Waals surface area contributed by atoms with Crippen LogP contribution in [0.25, 0.3) is 0 Å². The number of anilines is 2. The zero-order valence-electron chi connectivity index (χ0n) is 28.5. The van der Waals surface area contributed by atoms with Crippen LogP contribution in [0.2, 0.25) is 10.0 Å². The number of nitrogens with two attached hydrogens (primary N) is 2. The van der Waals surface area contributed by atoms with E-state index in [-0.39, 0.29) is 43.8 Å². The van der Waals surface area contributed by atoms with Crippen LogP contribution in [-0.4, -0.2) is 54.7 Å². The molecule has 0 atom stereocenters. The van der Waals surface area contributed by atoms with Crippen molar-refractivity contribution in [2.75, 3.05) is 11.5 Å². The number of benzene rings is 2. The fourth-order valence-corrected chi connectivity index (χ4v) is 5.02. The maximum atomic E-state index is 13.3. The molecule has 0 aliphatic carbocycles. The Kier molecular flexibility index (Phi) is 11.4. The highest BCUT2D eigenvalue weighted by Crippen LogP contribution is 2.43. The highest BCUT2D eigenvalue weighted by atomic mass is 79.9. The third-order valence-corrected chi connectivity index (χ3v) is 11.2. The van der Waals surface area contributed by atoms with Gasteiger partial charge in [-0.3, -0.25) is 0 Å². The molecule has 3 aliphatic heterocycles. The molecule has 46 heavy (non-hydrogen) atoms. The molecule has 254 valence electrons. The molecular formula is C30H44B3BrCl2F2N2O6. The summed E-state index contributed by atoms with van der Waals surface area (Å²) in [5.41, 5.74) is 8.89. The van der Waals surface area contributed by atoms with Crippen molar-refractivity contribution in [1.29, 1.82) is 0 Å². The summed E-state index contributed by atoms with van der Waals surface area (Å²) in [5.74, 6) is -1.03. The lowest BCUT2D eigenvalue weighted by Crippen LogP contribution is -2.41. The Balaban J connectivity index is 0.000000196. The topological polar surface area (TPSA) is 107 Å². The van der Waals surface area contributed by atoms with Crippen LogP contribution < -0.4 is 16.9 Å². The van der Waals surface area contributed by atoms with Gasteiger partial charge in [0.1, 0.15) is 11.6 Å². The van der Waals surface area contributed by atoms with E-state index in [9.17, 15) is 8.78 Å². The Morgan fingerprint density at radius 1 is 0.543 bits per heavy atom. The number of hydrogen-bond donors (Lipinski definition) is 2. The summed E-state index contributed by atoms with van der Waals surface area (Å²) in [6.45, 7) is 24.0. The Labute approximate surface area is 291 Å². The van der Waals surface area contributed by atoms with Crippen molar-refractivity contribution in [3.8, 4) is 0 Å². The number of rotatable bonds is 2. The summed E-state index contributed by atoms with van der Waals surface area (Å²) in [6, 6.07) is 5.57. The summed E-state index contributed by atoms with van der Waals surface area (Å²) in [6.07, 6.45) is 0. The minimum Gasteiger partial charge on any atom is -0.405 e. The third kappa shape index (κ3) is 7.86. The van der Waals surface area contributed by atoms with E-state index in [0.717, 1.165) is 0 Å². The molecule has 3 aliphatic rings. The van der Waals surface area contributed by atoms with Gasteiger partial charge in [0.15, 0.2) is 0 Å². The largest absolute Gasteiger partial charge is 0.496 e. The number of nitrogen functional groups attached to an aromatic ring is 2. The van der Waals surface area contributed by atoms with E-state index in [4.69, 9.17) is 62.6 Å². The molecule has 5 rings (SSSR count). The predicted octanol–water partition coefficient (Wildman–Crippen LogP) is 7.43. The SMILES string of the molecule is CC1(C)OB(B2OC(C)(C)C(C)(C)O2)OC1(C)C.CC1(C)OB(c2ccc(F)c(N)c2Cl)OC1(C)C.Nc1c(F)ccc(Br)c1Cl. The summed E-state index contributed by atoms with van der Waals surface area (Å²) in [5, 5.41) is 0.369. The van der Waals surface area contributed by atoms with Crippen molar-refractivity contribution in [3.63, 3.8) is 0 Å². The van der Waals surface area contributed by atoms with E-state index in [2.05, 4.69) is 15.9 Å². The molecule has 2 aromatic carbocycles. The first-order valence-electron chi connectivity index (χ1n) is 14.9. The quantitative estimate of drug-likeness (QED) is 0.186. The van der Waals surface area contributed by atoms with Crippen molar-refractivity contribution >= 4 is 77.1 Å². The number of halogens is 5. The lowest BCUT2D eigenvalue weighted by molar-refractivity contribution is 0.00578. The van der Waals surface area contributed by atoms with E-state index in [1.807, 2.05) is 83.1 Å². The Bertz CT molecular complexity index is 1340. The van der Waals surface area contributed by atoms with Crippen LogP contribution in [0, 0.1) is 11.6 Å². The monoisotopic (exact) mass is 748 g/mol. The second kappa shape index (κ2) is 13.3. The first-order valence-corrected chi connectivity index (χ1v) is 16.4. The normalized spacial score (nSPS) is 23.0. The second-order valence-corrected chi connectivity index (χ2v) is 16.1. The Morgan fingerprint density at radius 2 is 0.848 bits per heavy atom. The molecule has 16 heteroatoms. The van der Waals surface area contributed by atoms with Crippen molar-refractivity contribution in [2.45, 2.75) is 117 Å². The van der Waals surface area contributed by atoms with Gasteiger partial charge in [0.05, 0.1) is 55.0 Å². The first kappa shape index (κ1) is 39.4. The Hall–Kier alpha value is -1.09. The van der Waals surface area contributed by atoms with Gasteiger partial charge in [-0.05, 0) is 117 Å². The van der Waals surface area contributed by atoms with E-state index >= 15 is 0 Å². The molecule has 3 heterocycles. The molecular weight excluding hydrogens is 706 g/mol. The standard InChI is InChI=1S/C12H24B2O4.C12H16BClFNO2.C6H4BrClFN/c1-9(2)10(3,4)16-13(15-9)14-17-11(5,6)12(7,8)18-14;1-11(2)12(3,4)18-13(17-11)7-5-6-8(15)10(16)9(7)14;7-3-1-2-4(9)6(10)5(3)8/h1-8H3;5-6H,16H2,1-4H3;1-2H,10H2. The van der Waals surface area contributed by atoms with Gasteiger partial charge in [0.25, 0.3) is 0 Å². The second-order valence-electron chi connectivity index (χ2n) is 14.5. The predicted molar refractivity (Wildman–Crippen MR) is 187 cm³/mol. The van der Waals surface area contributed by atoms with Gasteiger partial charge in [0, 0.05) is 9.94 Å². The zero-order valence-corrected chi connectivity index (χ0v) is 31.6. The average Bonchev–Trinajstić information content (AvgIpc) is 3.38. The van der Waals surface area contributed by atoms with Gasteiger partial charge in [-0.1, -0.05) is 29.3 Å². The van der Waals surface area contributed by atoms with Crippen molar-refractivity contribution in [2.24, 2.45) is 0 Å². The van der Waals surface area contributed by atoms with Crippen molar-refractivity contribution < 1.29 is 36.7 Å². The van der Waals surface area contributed by atoms with Crippen LogP contribution in [0.3, 0.4) is 0 Å². The van der Waals surface area contributed by atoms with E-state index in [1.54, 1.807) is 0 Å². The minimum atomic E-state index is -0.634. The highest BCUT2D eigenvalue weighted by molar-refractivity contribution is 9.10. The van der Waals surface area contributed by atoms with Gasteiger partial charge >= 0.3 is 21.1 Å². The fourth-order valence-electron chi connectivity index (χ4n) is 4.28. The molecule has 3 fully saturated rings. The smallest absolute Gasteiger partial charge is 0.405 e. The molecule has 4 N–H and O–H groups in total. The fraction of sp³-hybridized carbons (Fsp3) is 0.600. The Morgan fingerprint density at radius 3 is 1.20 bits per heavy atom. The molecule has 0 amide bonds. The summed E-state index contributed by atoms with van der Waals surface area (Å²) in [4.78, 5) is 0. The van der Waals surface area contributed by atoms with Crippen LogP contribution in [0.1, 0.15) is 83.1 Å². The molecule has 3 saturated heterocycles. The molecule has 0 spiro atoms. The molecule has 2 aromatic rings. The maximum Gasteiger partial charge on any atom is 0.496 e. The summed E-state index contributed by atoms with van der Waals surface area (Å²) < 4.78 is 61.9. The molecule has 0 radical (unpaired) electrons. The lowest BCUT2D eigenvalue weighted by atomic mass is 9.49. The zero-order chi connectivity index (χ0) is 35.4. The molecule has 0 unspecified atom stereocenters. The molecule has 0 bridgehead atoms. The van der Waals surface area contributed by atoms with E-state index < -0.39 is 44.0 Å². The van der Waals surface area contributed by atoms with Gasteiger partial charge in [0.2, 0.25) is 0 Å². The van der Waals surface area contributed by atoms with E-state index in [1.165, 1.54) is 24.3 Å². The van der Waals surface area contributed by atoms with Crippen LogP contribution >= 0.6 is 39.1 Å². The van der Waals surface area contributed by atoms with Crippen LogP contribution in [0.5, 0.6) is 0 Å². The highest BCUT2D eigenvalue weighted by Gasteiger charge is 2.63. The molecule has 0 aromatic heterocycles. The van der Waals surface area contributed by atoms with Crippen LogP contribution in [0.4, 0.5) is 20.2 Å². The maximum absolute atomic E-state index is 13.3. The average molecular weight is 750 g/mol. The third-order valence-electron chi connectivity index (χ3n) is 9.51. The van der Waals surface area contributed by atoms with Gasteiger partial charge in [-0.25, -0.2) is 8.78 Å². The van der Waals surface area contributed by atoms with Gasteiger partial charge in [-0.15, -0.1) is 0 Å². The first-order chi connectivity index (χ1) is 20.7. The van der Waals surface area contributed by atoms with Crippen LogP contribution in [0.15, 0.2) is 28.7 Å². The van der Waals surface area contributed by atoms with Gasteiger partial charge in [-0.2, -0.15) is 0 Å².